The molecular weight excluding hydrogens is 240 g/mol. The van der Waals surface area contributed by atoms with Crippen molar-refractivity contribution in [2.75, 3.05) is 25.0 Å². The molecule has 2 rings (SSSR count). The molecule has 1 unspecified atom stereocenters. The number of rotatable bonds is 4. The van der Waals surface area contributed by atoms with Gasteiger partial charge in [0, 0.05) is 30.9 Å². The first-order valence-electron chi connectivity index (χ1n) is 6.87. The van der Waals surface area contributed by atoms with Crippen molar-refractivity contribution in [3.63, 3.8) is 0 Å². The molecule has 1 heterocycles. The quantitative estimate of drug-likeness (QED) is 0.873. The number of carbonyl (C=O) groups is 1. The second-order valence-corrected chi connectivity index (χ2v) is 5.48. The molecular formula is C15H22N2O2. The third kappa shape index (κ3) is 3.47. The molecule has 104 valence electrons. The first-order valence-corrected chi connectivity index (χ1v) is 6.87. The average molecular weight is 262 g/mol. The molecule has 4 nitrogen and oxygen atoms in total. The lowest BCUT2D eigenvalue weighted by atomic mass is 10.1. The van der Waals surface area contributed by atoms with E-state index in [0.29, 0.717) is 25.1 Å². The minimum absolute atomic E-state index is 0.000170. The molecule has 1 aromatic rings. The van der Waals surface area contributed by atoms with Gasteiger partial charge in [0.15, 0.2) is 0 Å². The summed E-state index contributed by atoms with van der Waals surface area (Å²) in [7, 11) is 0. The Morgan fingerprint density at radius 3 is 2.63 bits per heavy atom. The van der Waals surface area contributed by atoms with E-state index in [1.165, 1.54) is 0 Å². The van der Waals surface area contributed by atoms with Crippen LogP contribution in [0.25, 0.3) is 0 Å². The average Bonchev–Trinajstić information content (AvgIpc) is 2.76. The predicted molar refractivity (Wildman–Crippen MR) is 76.4 cm³/mol. The lowest BCUT2D eigenvalue weighted by molar-refractivity contribution is 0.0572. The first-order chi connectivity index (χ1) is 9.02. The Hall–Kier alpha value is -1.55. The maximum Gasteiger partial charge on any atom is 0.253 e. The molecule has 1 atom stereocenters. The van der Waals surface area contributed by atoms with Crippen LogP contribution in [0.2, 0.25) is 0 Å². The molecule has 2 N–H and O–H groups in total. The zero-order chi connectivity index (χ0) is 13.9. The highest BCUT2D eigenvalue weighted by Crippen LogP contribution is 2.22. The number of nitrogens with zero attached hydrogens (tertiary/aromatic N) is 1. The lowest BCUT2D eigenvalue weighted by Crippen LogP contribution is -2.33. The van der Waals surface area contributed by atoms with Crippen LogP contribution < -0.4 is 5.32 Å². The molecule has 1 fully saturated rings. The fourth-order valence-electron chi connectivity index (χ4n) is 2.30. The molecule has 1 aliphatic rings. The van der Waals surface area contributed by atoms with Crippen LogP contribution in [0.3, 0.4) is 0 Å². The standard InChI is InChI=1S/C15H22N2O2/c1-3-9-16-13-6-4-12(5-7-13)14(18)17-10-8-15(2,19)11-17/h4-7,16,19H,3,8-11H2,1-2H3. The van der Waals surface area contributed by atoms with Crippen LogP contribution in [0.4, 0.5) is 5.69 Å². The van der Waals surface area contributed by atoms with Crippen molar-refractivity contribution in [1.29, 1.82) is 0 Å². The Kier molecular flexibility index (Phi) is 4.10. The molecule has 0 spiro atoms. The van der Waals surface area contributed by atoms with Crippen molar-refractivity contribution in [3.05, 3.63) is 29.8 Å². The van der Waals surface area contributed by atoms with Gasteiger partial charge in [-0.05, 0) is 44.0 Å². The molecule has 0 aliphatic carbocycles. The number of anilines is 1. The lowest BCUT2D eigenvalue weighted by Gasteiger charge is -2.19. The van der Waals surface area contributed by atoms with Crippen molar-refractivity contribution in [2.45, 2.75) is 32.3 Å². The van der Waals surface area contributed by atoms with Gasteiger partial charge >= 0.3 is 0 Å². The summed E-state index contributed by atoms with van der Waals surface area (Å²) in [4.78, 5) is 14.0. The van der Waals surface area contributed by atoms with Gasteiger partial charge in [-0.25, -0.2) is 0 Å². The molecule has 4 heteroatoms. The molecule has 1 amide bonds. The zero-order valence-corrected chi connectivity index (χ0v) is 11.6. The highest BCUT2D eigenvalue weighted by Gasteiger charge is 2.34. The normalized spacial score (nSPS) is 22.6. The maximum atomic E-state index is 12.3. The molecule has 0 aromatic heterocycles. The second-order valence-electron chi connectivity index (χ2n) is 5.48. The van der Waals surface area contributed by atoms with Crippen LogP contribution in [-0.2, 0) is 0 Å². The molecule has 0 radical (unpaired) electrons. The van der Waals surface area contributed by atoms with Gasteiger partial charge in [-0.15, -0.1) is 0 Å². The monoisotopic (exact) mass is 262 g/mol. The third-order valence-corrected chi connectivity index (χ3v) is 3.45. The van der Waals surface area contributed by atoms with Gasteiger partial charge in [0.25, 0.3) is 5.91 Å². The van der Waals surface area contributed by atoms with Crippen LogP contribution in [0.1, 0.15) is 37.0 Å². The SMILES string of the molecule is CCCNc1ccc(C(=O)N2CCC(C)(O)C2)cc1. The van der Waals surface area contributed by atoms with E-state index in [9.17, 15) is 9.90 Å². The summed E-state index contributed by atoms with van der Waals surface area (Å²) in [5, 5.41) is 13.2. The van der Waals surface area contributed by atoms with E-state index in [1.54, 1.807) is 11.8 Å². The summed E-state index contributed by atoms with van der Waals surface area (Å²) in [6, 6.07) is 7.54. The summed E-state index contributed by atoms with van der Waals surface area (Å²) >= 11 is 0. The number of likely N-dealkylation sites (tertiary alicyclic amines) is 1. The molecule has 19 heavy (non-hydrogen) atoms. The van der Waals surface area contributed by atoms with Crippen LogP contribution >= 0.6 is 0 Å². The first kappa shape index (κ1) is 13.9. The van der Waals surface area contributed by atoms with Gasteiger partial charge in [0.05, 0.1) is 5.60 Å². The Morgan fingerprint density at radius 1 is 1.42 bits per heavy atom. The number of β-amino-alcohol motifs (C(OH)–C–C–N with tert-alkyl or cyclic N) is 1. The van der Waals surface area contributed by atoms with E-state index in [-0.39, 0.29) is 5.91 Å². The Bertz CT molecular complexity index is 440. The summed E-state index contributed by atoms with van der Waals surface area (Å²) in [5.41, 5.74) is 0.977. The third-order valence-electron chi connectivity index (χ3n) is 3.45. The largest absolute Gasteiger partial charge is 0.388 e. The summed E-state index contributed by atoms with van der Waals surface area (Å²) in [6.07, 6.45) is 1.72. The van der Waals surface area contributed by atoms with Crippen molar-refractivity contribution in [3.8, 4) is 0 Å². The van der Waals surface area contributed by atoms with Gasteiger partial charge in [-0.3, -0.25) is 4.79 Å². The van der Waals surface area contributed by atoms with E-state index < -0.39 is 5.60 Å². The van der Waals surface area contributed by atoms with E-state index in [4.69, 9.17) is 0 Å². The van der Waals surface area contributed by atoms with E-state index in [2.05, 4.69) is 12.2 Å². The van der Waals surface area contributed by atoms with Gasteiger partial charge in [-0.2, -0.15) is 0 Å². The van der Waals surface area contributed by atoms with E-state index >= 15 is 0 Å². The minimum Gasteiger partial charge on any atom is -0.388 e. The maximum absolute atomic E-state index is 12.3. The Morgan fingerprint density at radius 2 is 2.11 bits per heavy atom. The molecule has 1 saturated heterocycles. The highest BCUT2D eigenvalue weighted by molar-refractivity contribution is 5.94. The summed E-state index contributed by atoms with van der Waals surface area (Å²) in [6.45, 7) is 5.87. The van der Waals surface area contributed by atoms with Gasteiger partial charge in [0.2, 0.25) is 0 Å². The number of carbonyl (C=O) groups excluding carboxylic acids is 1. The second kappa shape index (κ2) is 5.61. The topological polar surface area (TPSA) is 52.6 Å². The summed E-state index contributed by atoms with van der Waals surface area (Å²) in [5.74, 6) is -0.000170. The van der Waals surface area contributed by atoms with Crippen molar-refractivity contribution in [2.24, 2.45) is 0 Å². The molecule has 0 saturated carbocycles. The highest BCUT2D eigenvalue weighted by atomic mass is 16.3. The van der Waals surface area contributed by atoms with Gasteiger partial charge < -0.3 is 15.3 Å². The molecule has 1 aromatic carbocycles. The van der Waals surface area contributed by atoms with E-state index in [0.717, 1.165) is 18.7 Å². The number of benzene rings is 1. The molecule has 0 bridgehead atoms. The number of nitrogens with one attached hydrogen (secondary N) is 1. The van der Waals surface area contributed by atoms with Gasteiger partial charge in [0.1, 0.15) is 0 Å². The number of hydrogen-bond donors (Lipinski definition) is 2. The summed E-state index contributed by atoms with van der Waals surface area (Å²) < 4.78 is 0. The number of aliphatic hydroxyl groups is 1. The van der Waals surface area contributed by atoms with Crippen molar-refractivity contribution >= 4 is 11.6 Å². The van der Waals surface area contributed by atoms with Crippen LogP contribution in [0.15, 0.2) is 24.3 Å². The zero-order valence-electron chi connectivity index (χ0n) is 11.6. The Balaban J connectivity index is 2.00. The van der Waals surface area contributed by atoms with Crippen LogP contribution in [0.5, 0.6) is 0 Å². The smallest absolute Gasteiger partial charge is 0.253 e. The van der Waals surface area contributed by atoms with E-state index in [1.807, 2.05) is 24.3 Å². The van der Waals surface area contributed by atoms with Gasteiger partial charge in [-0.1, -0.05) is 6.92 Å². The van der Waals surface area contributed by atoms with Crippen molar-refractivity contribution < 1.29 is 9.90 Å². The number of amides is 1. The van der Waals surface area contributed by atoms with Crippen LogP contribution in [0, 0.1) is 0 Å². The Labute approximate surface area is 114 Å². The minimum atomic E-state index is -0.738. The van der Waals surface area contributed by atoms with Crippen LogP contribution in [-0.4, -0.2) is 41.1 Å². The fourth-order valence-corrected chi connectivity index (χ4v) is 2.30. The molecule has 1 aliphatic heterocycles. The van der Waals surface area contributed by atoms with Crippen molar-refractivity contribution in [1.82, 2.24) is 4.90 Å². The number of hydrogen-bond acceptors (Lipinski definition) is 3. The predicted octanol–water partition coefficient (Wildman–Crippen LogP) is 2.11. The fraction of sp³-hybridized carbons (Fsp3) is 0.533.